The maximum Gasteiger partial charge on any atom is 0.291 e. The Kier molecular flexibility index (Phi) is 4.80. The van der Waals surface area contributed by atoms with Gasteiger partial charge in [0, 0.05) is 0 Å². The smallest absolute Gasteiger partial charge is 0.291 e. The fourth-order valence-electron chi connectivity index (χ4n) is 4.52. The summed E-state index contributed by atoms with van der Waals surface area (Å²) in [5.41, 5.74) is 2.69. The number of nitro groups is 1. The quantitative estimate of drug-likeness (QED) is 0.210. The summed E-state index contributed by atoms with van der Waals surface area (Å²) < 4.78 is 5.89. The molecular weight excluding hydrogens is 398 g/mol. The van der Waals surface area contributed by atoms with Gasteiger partial charge in [-0.3, -0.25) is 10.1 Å². The molecule has 4 aromatic carbocycles. The fourth-order valence-corrected chi connectivity index (χ4v) is 4.71. The Labute approximate surface area is 179 Å². The van der Waals surface area contributed by atoms with Crippen LogP contribution in [0.15, 0.2) is 66.7 Å². The molecule has 1 atom stereocenters. The minimum Gasteiger partial charge on any atom is -0.493 e. The highest BCUT2D eigenvalue weighted by atomic mass is 35.5. The first-order valence-electron chi connectivity index (χ1n) is 10.1. The van der Waals surface area contributed by atoms with E-state index < -0.39 is 4.92 Å². The lowest BCUT2D eigenvalue weighted by atomic mass is 9.81. The van der Waals surface area contributed by atoms with Crippen molar-refractivity contribution in [2.24, 2.45) is 5.92 Å². The van der Waals surface area contributed by atoms with Crippen LogP contribution in [0.5, 0.6) is 5.75 Å². The van der Waals surface area contributed by atoms with Crippen LogP contribution in [0.4, 0.5) is 5.69 Å². The molecule has 5 rings (SSSR count). The van der Waals surface area contributed by atoms with Crippen molar-refractivity contribution in [1.82, 2.24) is 0 Å². The van der Waals surface area contributed by atoms with Gasteiger partial charge in [0.05, 0.1) is 17.6 Å². The summed E-state index contributed by atoms with van der Waals surface area (Å²) in [6.45, 7) is 0.536. The summed E-state index contributed by atoms with van der Waals surface area (Å²) in [5, 5.41) is 16.4. The van der Waals surface area contributed by atoms with Crippen molar-refractivity contribution in [3.05, 3.63) is 93.0 Å². The van der Waals surface area contributed by atoms with Crippen LogP contribution >= 0.6 is 11.6 Å². The molecule has 4 nitrogen and oxygen atoms in total. The molecule has 5 heteroatoms. The molecule has 4 aromatic rings. The van der Waals surface area contributed by atoms with Crippen LogP contribution in [-0.4, -0.2) is 11.5 Å². The summed E-state index contributed by atoms with van der Waals surface area (Å²) in [6.07, 6.45) is 3.00. The van der Waals surface area contributed by atoms with Gasteiger partial charge >= 0.3 is 0 Å². The number of nitro benzene ring substituents is 1. The number of aryl methyl sites for hydroxylation is 1. The zero-order valence-corrected chi connectivity index (χ0v) is 17.1. The van der Waals surface area contributed by atoms with Crippen molar-refractivity contribution in [1.29, 1.82) is 0 Å². The molecule has 0 radical (unpaired) electrons. The Hall–Kier alpha value is -3.11. The number of ether oxygens (including phenoxy) is 1. The van der Waals surface area contributed by atoms with Crippen molar-refractivity contribution >= 4 is 38.8 Å². The minimum atomic E-state index is -0.485. The Morgan fingerprint density at radius 1 is 1.00 bits per heavy atom. The summed E-state index contributed by atoms with van der Waals surface area (Å²) in [7, 11) is 0. The summed E-state index contributed by atoms with van der Waals surface area (Å²) in [6, 6.07) is 22.1. The lowest BCUT2D eigenvalue weighted by Gasteiger charge is -2.26. The molecule has 1 aliphatic rings. The molecule has 0 bridgehead atoms. The van der Waals surface area contributed by atoms with Crippen LogP contribution in [0, 0.1) is 16.0 Å². The zero-order valence-electron chi connectivity index (χ0n) is 16.3. The van der Waals surface area contributed by atoms with Crippen LogP contribution in [0.3, 0.4) is 0 Å². The first-order valence-corrected chi connectivity index (χ1v) is 10.5. The van der Waals surface area contributed by atoms with Crippen LogP contribution in [-0.2, 0) is 12.8 Å². The van der Waals surface area contributed by atoms with Crippen molar-refractivity contribution < 1.29 is 9.66 Å². The first-order chi connectivity index (χ1) is 14.6. The highest BCUT2D eigenvalue weighted by molar-refractivity contribution is 6.32. The lowest BCUT2D eigenvalue weighted by molar-refractivity contribution is -0.384. The average molecular weight is 418 g/mol. The molecule has 1 aliphatic carbocycles. The van der Waals surface area contributed by atoms with Gasteiger partial charge in [-0.05, 0) is 70.0 Å². The third-order valence-corrected chi connectivity index (χ3v) is 6.37. The normalized spacial score (nSPS) is 15.8. The number of rotatable bonds is 4. The Morgan fingerprint density at radius 2 is 1.83 bits per heavy atom. The van der Waals surface area contributed by atoms with Gasteiger partial charge in [0.15, 0.2) is 0 Å². The number of hydrogen-bond donors (Lipinski definition) is 0. The average Bonchev–Trinajstić information content (AvgIpc) is 2.77. The molecule has 30 heavy (non-hydrogen) atoms. The van der Waals surface area contributed by atoms with E-state index in [-0.39, 0.29) is 10.7 Å². The third kappa shape index (κ3) is 3.37. The van der Waals surface area contributed by atoms with Gasteiger partial charge in [-0.15, -0.1) is 0 Å². The van der Waals surface area contributed by atoms with Crippen LogP contribution in [0.2, 0.25) is 5.02 Å². The second kappa shape index (κ2) is 7.62. The van der Waals surface area contributed by atoms with Crippen LogP contribution in [0.25, 0.3) is 21.5 Å². The van der Waals surface area contributed by atoms with E-state index in [1.807, 2.05) is 0 Å². The molecule has 0 spiro atoms. The highest BCUT2D eigenvalue weighted by Gasteiger charge is 2.22. The molecule has 0 aromatic heterocycles. The lowest BCUT2D eigenvalue weighted by Crippen LogP contribution is -2.21. The van der Waals surface area contributed by atoms with E-state index in [0.29, 0.717) is 18.3 Å². The molecule has 0 saturated carbocycles. The van der Waals surface area contributed by atoms with Crippen LogP contribution < -0.4 is 4.74 Å². The van der Waals surface area contributed by atoms with Crippen molar-refractivity contribution in [2.45, 2.75) is 19.3 Å². The van der Waals surface area contributed by atoms with Gasteiger partial charge in [0.25, 0.3) is 5.69 Å². The third-order valence-electron chi connectivity index (χ3n) is 6.05. The second-order valence-corrected chi connectivity index (χ2v) is 8.28. The SMILES string of the molecule is O=[N+]([O-])c1cc(OCC2CCc3c(ccc4c3ccc3ccccc34)C2)ccc1Cl. The molecule has 0 N–H and O–H groups in total. The number of hydrogen-bond acceptors (Lipinski definition) is 3. The van der Waals surface area contributed by atoms with Gasteiger partial charge in [-0.25, -0.2) is 0 Å². The van der Waals surface area contributed by atoms with E-state index in [1.54, 1.807) is 6.07 Å². The summed E-state index contributed by atoms with van der Waals surface area (Å²) in [5.74, 6) is 0.868. The molecule has 0 fully saturated rings. The number of halogens is 1. The van der Waals surface area contributed by atoms with Gasteiger partial charge in [0.1, 0.15) is 10.8 Å². The maximum absolute atomic E-state index is 11.1. The fraction of sp³-hybridized carbons (Fsp3) is 0.200. The van der Waals surface area contributed by atoms with Gasteiger partial charge in [-0.1, -0.05) is 60.1 Å². The van der Waals surface area contributed by atoms with Crippen molar-refractivity contribution in [3.8, 4) is 5.75 Å². The number of fused-ring (bicyclic) bond motifs is 5. The molecule has 1 unspecified atom stereocenters. The van der Waals surface area contributed by atoms with E-state index >= 15 is 0 Å². The summed E-state index contributed by atoms with van der Waals surface area (Å²) >= 11 is 5.88. The Balaban J connectivity index is 1.37. The first kappa shape index (κ1) is 18.9. The Bertz CT molecular complexity index is 1280. The summed E-state index contributed by atoms with van der Waals surface area (Å²) in [4.78, 5) is 10.6. The molecule has 0 amide bonds. The molecule has 0 saturated heterocycles. The van der Waals surface area contributed by atoms with E-state index in [0.717, 1.165) is 19.3 Å². The monoisotopic (exact) mass is 417 g/mol. The Morgan fingerprint density at radius 3 is 2.70 bits per heavy atom. The maximum atomic E-state index is 11.1. The van der Waals surface area contributed by atoms with Gasteiger partial charge in [-0.2, -0.15) is 0 Å². The van der Waals surface area contributed by atoms with Crippen molar-refractivity contribution in [3.63, 3.8) is 0 Å². The highest BCUT2D eigenvalue weighted by Crippen LogP contribution is 2.35. The van der Waals surface area contributed by atoms with E-state index in [1.165, 1.54) is 44.8 Å². The second-order valence-electron chi connectivity index (χ2n) is 7.88. The molecule has 0 aliphatic heterocycles. The zero-order chi connectivity index (χ0) is 20.7. The van der Waals surface area contributed by atoms with Crippen molar-refractivity contribution in [2.75, 3.05) is 6.61 Å². The standard InChI is InChI=1S/C25H20ClNO3/c26-24-12-8-19(14-25(24)27(28)29)30-15-16-5-9-21-18(13-16)7-11-22-20-4-2-1-3-17(20)6-10-23(21)22/h1-4,6-8,10-12,14,16H,5,9,13,15H2. The van der Waals surface area contributed by atoms with Gasteiger partial charge in [0.2, 0.25) is 0 Å². The van der Waals surface area contributed by atoms with E-state index in [4.69, 9.17) is 16.3 Å². The predicted molar refractivity (Wildman–Crippen MR) is 121 cm³/mol. The minimum absolute atomic E-state index is 0.123. The number of benzene rings is 4. The molecular formula is C25H20ClNO3. The largest absolute Gasteiger partial charge is 0.493 e. The number of nitrogens with zero attached hydrogens (tertiary/aromatic N) is 1. The van der Waals surface area contributed by atoms with Crippen LogP contribution in [0.1, 0.15) is 17.5 Å². The predicted octanol–water partition coefficient (Wildman–Crippen LogP) is 6.74. The van der Waals surface area contributed by atoms with E-state index in [2.05, 4.69) is 48.5 Å². The van der Waals surface area contributed by atoms with E-state index in [9.17, 15) is 10.1 Å². The van der Waals surface area contributed by atoms with Gasteiger partial charge < -0.3 is 4.74 Å². The molecule has 0 heterocycles. The molecule has 150 valence electrons. The topological polar surface area (TPSA) is 52.4 Å².